The number of carboxylic acids is 1. The van der Waals surface area contributed by atoms with Gasteiger partial charge < -0.3 is 55.9 Å². The van der Waals surface area contributed by atoms with Crippen LogP contribution in [0.15, 0.2) is 24.0 Å². The van der Waals surface area contributed by atoms with Gasteiger partial charge in [-0.2, -0.15) is 0 Å². The van der Waals surface area contributed by atoms with Gasteiger partial charge in [-0.25, -0.2) is 4.79 Å². The van der Waals surface area contributed by atoms with E-state index in [1.54, 1.807) is 13.2 Å². The number of amides is 3. The third-order valence-electron chi connectivity index (χ3n) is 9.75. The molecule has 2 aliphatic heterocycles. The van der Waals surface area contributed by atoms with Gasteiger partial charge in [-0.1, -0.05) is 6.07 Å². The Morgan fingerprint density at radius 2 is 1.98 bits per heavy atom. The lowest BCUT2D eigenvalue weighted by Gasteiger charge is -2.58. The first kappa shape index (κ1) is 36.3. The predicted molar refractivity (Wildman–Crippen MR) is 174 cm³/mol. The van der Waals surface area contributed by atoms with E-state index in [0.717, 1.165) is 11.1 Å². The molecule has 16 heteroatoms. The first-order chi connectivity index (χ1) is 22.7. The molecular formula is C32H47N7O9. The summed E-state index contributed by atoms with van der Waals surface area (Å²) in [5, 5.41) is 36.3. The van der Waals surface area contributed by atoms with E-state index in [1.165, 1.54) is 11.9 Å². The summed E-state index contributed by atoms with van der Waals surface area (Å²) in [5.41, 5.74) is 4.95. The largest absolute Gasteiger partial charge is 0.493 e. The molecule has 48 heavy (non-hydrogen) atoms. The van der Waals surface area contributed by atoms with Crippen LogP contribution in [0.4, 0.5) is 4.79 Å². The second-order valence-electron chi connectivity index (χ2n) is 12.7. The summed E-state index contributed by atoms with van der Waals surface area (Å²) >= 11 is 0. The SMILES string of the molecule is COc1ccc(C)c2c1O[C@H]1C(OC(=O)N(C)CCNC(=O)[C@@H](CCCNC(=N)N)NC(=O)CC(=O)O)=CC[C@@]3(O)[C@@H](C)N(C)CC[C@]213. The van der Waals surface area contributed by atoms with Crippen molar-refractivity contribution in [3.8, 4) is 11.5 Å². The summed E-state index contributed by atoms with van der Waals surface area (Å²) in [7, 11) is 5.04. The summed E-state index contributed by atoms with van der Waals surface area (Å²) in [6, 6.07) is 2.50. The molecule has 1 aromatic carbocycles. The minimum Gasteiger partial charge on any atom is -0.493 e. The number of nitrogens with two attached hydrogens (primary N) is 1. The smallest absolute Gasteiger partial charge is 0.414 e. The van der Waals surface area contributed by atoms with Gasteiger partial charge in [-0.15, -0.1) is 0 Å². The van der Waals surface area contributed by atoms with Crippen LogP contribution in [0.3, 0.4) is 0 Å². The summed E-state index contributed by atoms with van der Waals surface area (Å²) in [5.74, 6) is -1.62. The number of likely N-dealkylation sites (N-methyl/N-ethyl adjacent to an activating group) is 2. The van der Waals surface area contributed by atoms with Crippen molar-refractivity contribution < 1.29 is 43.6 Å². The average Bonchev–Trinajstić information content (AvgIpc) is 3.39. The highest BCUT2D eigenvalue weighted by molar-refractivity contribution is 5.96. The van der Waals surface area contributed by atoms with Gasteiger partial charge in [0.25, 0.3) is 0 Å². The zero-order valence-corrected chi connectivity index (χ0v) is 28.1. The maximum atomic E-state index is 13.4. The van der Waals surface area contributed by atoms with E-state index < -0.39 is 53.5 Å². The molecule has 0 saturated carbocycles. The van der Waals surface area contributed by atoms with Gasteiger partial charge in [0.2, 0.25) is 11.8 Å². The maximum Gasteiger partial charge on any atom is 0.414 e. The van der Waals surface area contributed by atoms with E-state index in [2.05, 4.69) is 20.9 Å². The fourth-order valence-electron chi connectivity index (χ4n) is 7.08. The molecule has 16 nitrogen and oxygen atoms in total. The number of carboxylic acid groups (broad SMARTS) is 1. The van der Waals surface area contributed by atoms with Crippen LogP contribution >= 0.6 is 0 Å². The average molecular weight is 674 g/mol. The number of carbonyl (C=O) groups excluding carboxylic acids is 3. The van der Waals surface area contributed by atoms with Crippen LogP contribution < -0.4 is 31.2 Å². The molecule has 0 unspecified atom stereocenters. The number of rotatable bonds is 13. The fourth-order valence-corrected chi connectivity index (χ4v) is 7.08. The van der Waals surface area contributed by atoms with Crippen molar-refractivity contribution in [1.29, 1.82) is 5.41 Å². The van der Waals surface area contributed by atoms with Gasteiger partial charge in [0.1, 0.15) is 18.2 Å². The molecule has 3 aliphatic rings. The normalized spacial score (nSPS) is 24.8. The Hall–Kier alpha value is -4.57. The van der Waals surface area contributed by atoms with E-state index in [0.29, 0.717) is 30.9 Å². The third-order valence-corrected chi connectivity index (χ3v) is 9.75. The quantitative estimate of drug-likeness (QED) is 0.0643. The molecule has 264 valence electrons. The minimum absolute atomic E-state index is 0.00970. The van der Waals surface area contributed by atoms with E-state index >= 15 is 0 Å². The number of hydrogen-bond donors (Lipinski definition) is 7. The monoisotopic (exact) mass is 673 g/mol. The Morgan fingerprint density at radius 1 is 1.25 bits per heavy atom. The van der Waals surface area contributed by atoms with Crippen molar-refractivity contribution >= 4 is 29.8 Å². The number of hydrogen-bond acceptors (Lipinski definition) is 10. The number of piperidine rings is 1. The number of ether oxygens (including phenoxy) is 3. The molecule has 1 saturated heterocycles. The van der Waals surface area contributed by atoms with Crippen molar-refractivity contribution in [3.05, 3.63) is 35.1 Å². The highest BCUT2D eigenvalue weighted by Gasteiger charge is 2.69. The molecule has 5 atom stereocenters. The molecule has 1 aromatic rings. The Labute approximate surface area is 279 Å². The molecule has 4 rings (SSSR count). The van der Waals surface area contributed by atoms with Gasteiger partial charge in [-0.3, -0.25) is 19.8 Å². The van der Waals surface area contributed by atoms with Gasteiger partial charge in [0.05, 0.1) is 18.1 Å². The molecule has 1 aliphatic carbocycles. The summed E-state index contributed by atoms with van der Waals surface area (Å²) in [6.45, 7) is 4.98. The summed E-state index contributed by atoms with van der Waals surface area (Å²) in [6.07, 6.45) is 0.734. The predicted octanol–water partition coefficient (Wildman–Crippen LogP) is 0.152. The van der Waals surface area contributed by atoms with E-state index in [-0.39, 0.29) is 50.2 Å². The maximum absolute atomic E-state index is 13.4. The fraction of sp³-hybridized carbons (Fsp3) is 0.594. The van der Waals surface area contributed by atoms with Gasteiger partial charge in [0, 0.05) is 44.7 Å². The molecule has 0 radical (unpaired) electrons. The number of aliphatic hydroxyl groups is 1. The van der Waals surface area contributed by atoms with E-state index in [9.17, 15) is 24.3 Å². The first-order valence-corrected chi connectivity index (χ1v) is 15.9. The number of nitrogens with zero attached hydrogens (tertiary/aromatic N) is 2. The lowest BCUT2D eigenvalue weighted by molar-refractivity contribution is -0.153. The third kappa shape index (κ3) is 6.99. The number of benzene rings is 1. The Bertz CT molecular complexity index is 1470. The number of aliphatic carboxylic acids is 1. The molecule has 1 spiro atoms. The number of guanidine groups is 1. The van der Waals surface area contributed by atoms with Crippen LogP contribution in [0.5, 0.6) is 11.5 Å². The molecule has 8 N–H and O–H groups in total. The topological polar surface area (TPSA) is 229 Å². The first-order valence-electron chi connectivity index (χ1n) is 15.9. The van der Waals surface area contributed by atoms with Crippen molar-refractivity contribution in [3.63, 3.8) is 0 Å². The Morgan fingerprint density at radius 3 is 2.65 bits per heavy atom. The molecule has 0 bridgehead atoms. The second-order valence-corrected chi connectivity index (χ2v) is 12.7. The molecule has 2 heterocycles. The van der Waals surface area contributed by atoms with Crippen LogP contribution in [0.2, 0.25) is 0 Å². The van der Waals surface area contributed by atoms with Crippen molar-refractivity contribution in [2.75, 3.05) is 47.4 Å². The number of carbonyl (C=O) groups is 4. The molecule has 3 amide bonds. The lowest BCUT2D eigenvalue weighted by Crippen LogP contribution is -2.71. The highest BCUT2D eigenvalue weighted by atomic mass is 16.6. The number of likely N-dealkylation sites (tertiary alicyclic amines) is 1. The lowest BCUT2D eigenvalue weighted by atomic mass is 9.54. The van der Waals surface area contributed by atoms with Gasteiger partial charge in [0.15, 0.2) is 23.6 Å². The molecule has 0 aromatic heterocycles. The molecule has 1 fully saturated rings. The highest BCUT2D eigenvalue weighted by Crippen LogP contribution is 2.62. The second kappa shape index (κ2) is 14.7. The number of aryl methyl sites for hydroxylation is 1. The molecular weight excluding hydrogens is 626 g/mol. The number of methoxy groups -OCH3 is 1. The summed E-state index contributed by atoms with van der Waals surface area (Å²) in [4.78, 5) is 52.7. The zero-order valence-electron chi connectivity index (χ0n) is 28.1. The van der Waals surface area contributed by atoms with Crippen LogP contribution in [-0.2, 0) is 24.5 Å². The van der Waals surface area contributed by atoms with Crippen molar-refractivity contribution in [2.24, 2.45) is 5.73 Å². The van der Waals surface area contributed by atoms with Crippen LogP contribution in [0.1, 0.15) is 50.2 Å². The van der Waals surface area contributed by atoms with Crippen molar-refractivity contribution in [2.45, 2.75) is 75.2 Å². The van der Waals surface area contributed by atoms with Crippen LogP contribution in [0, 0.1) is 12.3 Å². The van der Waals surface area contributed by atoms with Gasteiger partial charge in [-0.05, 0) is 64.4 Å². The van der Waals surface area contributed by atoms with Crippen LogP contribution in [-0.4, -0.2) is 121 Å². The van der Waals surface area contributed by atoms with Crippen molar-refractivity contribution in [1.82, 2.24) is 25.8 Å². The van der Waals surface area contributed by atoms with E-state index in [1.807, 2.05) is 33.0 Å². The minimum atomic E-state index is -1.33. The Balaban J connectivity index is 1.44. The van der Waals surface area contributed by atoms with Crippen LogP contribution in [0.25, 0.3) is 0 Å². The number of fused-ring (bicyclic) bond motifs is 1. The van der Waals surface area contributed by atoms with Gasteiger partial charge >= 0.3 is 12.1 Å². The Kier molecular flexibility index (Phi) is 11.1. The number of nitrogens with one attached hydrogen (secondary N) is 4. The standard InChI is InChI=1S/C32H47N7O9/c1-18-8-9-21(46-5)26-25(18)31-12-15-38(3)19(2)32(31,45)11-10-22(27(31)48-26)47-30(44)39(4)16-14-35-28(43)20(7-6-13-36-29(33)34)37-23(40)17-24(41)42/h8-10,19-20,27,45H,6-7,11-17H2,1-5H3,(H,35,43)(H,37,40)(H,41,42)(H4,33,34,36)/t19-,20-,27+,31+,32-/m1/s1. The summed E-state index contributed by atoms with van der Waals surface area (Å²) < 4.78 is 18.1. The zero-order chi connectivity index (χ0) is 35.4. The van der Waals surface area contributed by atoms with E-state index in [4.69, 9.17) is 30.5 Å².